The van der Waals surface area contributed by atoms with Crippen LogP contribution in [-0.2, 0) is 10.5 Å². The van der Waals surface area contributed by atoms with E-state index >= 15 is 0 Å². The zero-order valence-electron chi connectivity index (χ0n) is 11.0. The lowest BCUT2D eigenvalue weighted by Crippen LogP contribution is -2.31. The van der Waals surface area contributed by atoms with Crippen LogP contribution in [0.25, 0.3) is 0 Å². The molecule has 0 aliphatic carbocycles. The molecule has 1 aliphatic heterocycles. The molecule has 2 atom stereocenters. The third-order valence-corrected chi connectivity index (χ3v) is 4.18. The van der Waals surface area contributed by atoms with Crippen LogP contribution in [0.5, 0.6) is 0 Å². The fourth-order valence-corrected chi connectivity index (χ4v) is 3.00. The lowest BCUT2D eigenvalue weighted by Gasteiger charge is -2.14. The standard InChI is InChI=1S/C14H19NO3S/c1-10-3-2-4-11(5-10)8-19-9-14(18)15-6-12(16)13(17)7-15/h2-5,12-13,16-17H,6-9H2,1H3/t12-,13+. The highest BCUT2D eigenvalue weighted by Gasteiger charge is 2.32. The molecule has 0 aromatic heterocycles. The Bertz CT molecular complexity index is 442. The van der Waals surface area contributed by atoms with E-state index in [0.717, 1.165) is 5.75 Å². The molecule has 1 aromatic carbocycles. The minimum absolute atomic E-state index is 0.0201. The fraction of sp³-hybridized carbons (Fsp3) is 0.500. The van der Waals surface area contributed by atoms with Crippen molar-refractivity contribution in [2.45, 2.75) is 24.9 Å². The van der Waals surface area contributed by atoms with Gasteiger partial charge in [-0.2, -0.15) is 0 Å². The van der Waals surface area contributed by atoms with Crippen LogP contribution in [0.2, 0.25) is 0 Å². The zero-order chi connectivity index (χ0) is 13.8. The van der Waals surface area contributed by atoms with Crippen molar-refractivity contribution >= 4 is 17.7 Å². The highest BCUT2D eigenvalue weighted by atomic mass is 32.2. The largest absolute Gasteiger partial charge is 0.388 e. The Balaban J connectivity index is 1.75. The summed E-state index contributed by atoms with van der Waals surface area (Å²) in [6, 6.07) is 8.22. The highest BCUT2D eigenvalue weighted by Crippen LogP contribution is 2.16. The number of benzene rings is 1. The van der Waals surface area contributed by atoms with Gasteiger partial charge in [-0.1, -0.05) is 29.8 Å². The monoisotopic (exact) mass is 281 g/mol. The summed E-state index contributed by atoms with van der Waals surface area (Å²) >= 11 is 1.56. The Morgan fingerprint density at radius 2 is 2.05 bits per heavy atom. The third kappa shape index (κ3) is 3.96. The number of carbonyl (C=O) groups is 1. The first-order chi connectivity index (χ1) is 9.06. The van der Waals surface area contributed by atoms with Crippen molar-refractivity contribution in [2.75, 3.05) is 18.8 Å². The number of rotatable bonds is 4. The third-order valence-electron chi connectivity index (χ3n) is 3.19. The summed E-state index contributed by atoms with van der Waals surface area (Å²) in [5, 5.41) is 18.8. The molecule has 1 aliphatic rings. The van der Waals surface area contributed by atoms with Crippen molar-refractivity contribution < 1.29 is 15.0 Å². The molecule has 2 N–H and O–H groups in total. The van der Waals surface area contributed by atoms with E-state index in [1.54, 1.807) is 11.8 Å². The molecule has 1 aromatic rings. The topological polar surface area (TPSA) is 60.8 Å². The molecule has 5 heteroatoms. The van der Waals surface area contributed by atoms with Crippen molar-refractivity contribution in [3.63, 3.8) is 0 Å². The van der Waals surface area contributed by atoms with Gasteiger partial charge in [0, 0.05) is 18.8 Å². The van der Waals surface area contributed by atoms with Gasteiger partial charge >= 0.3 is 0 Å². The van der Waals surface area contributed by atoms with Gasteiger partial charge < -0.3 is 15.1 Å². The lowest BCUT2D eigenvalue weighted by molar-refractivity contribution is -0.127. The molecule has 0 spiro atoms. The second-order valence-electron chi connectivity index (χ2n) is 4.92. The molecule has 1 fully saturated rings. The van der Waals surface area contributed by atoms with Crippen molar-refractivity contribution in [1.82, 2.24) is 4.90 Å². The number of aryl methyl sites for hydroxylation is 1. The summed E-state index contributed by atoms with van der Waals surface area (Å²) in [4.78, 5) is 13.4. The number of likely N-dealkylation sites (tertiary alicyclic amines) is 1. The second-order valence-corrected chi connectivity index (χ2v) is 5.90. The molecule has 2 rings (SSSR count). The minimum Gasteiger partial charge on any atom is -0.388 e. The van der Waals surface area contributed by atoms with Crippen LogP contribution in [0.15, 0.2) is 24.3 Å². The van der Waals surface area contributed by atoms with Gasteiger partial charge in [0.1, 0.15) is 0 Å². The Morgan fingerprint density at radius 3 is 2.68 bits per heavy atom. The first-order valence-electron chi connectivity index (χ1n) is 6.33. The summed E-state index contributed by atoms with van der Waals surface area (Å²) in [5.74, 6) is 1.16. The first kappa shape index (κ1) is 14.4. The van der Waals surface area contributed by atoms with Crippen molar-refractivity contribution in [1.29, 1.82) is 0 Å². The zero-order valence-corrected chi connectivity index (χ0v) is 11.8. The molecule has 19 heavy (non-hydrogen) atoms. The number of carbonyl (C=O) groups excluding carboxylic acids is 1. The van der Waals surface area contributed by atoms with E-state index in [2.05, 4.69) is 6.07 Å². The van der Waals surface area contributed by atoms with Crippen LogP contribution >= 0.6 is 11.8 Å². The van der Waals surface area contributed by atoms with Crippen molar-refractivity contribution in [3.8, 4) is 0 Å². The summed E-state index contributed by atoms with van der Waals surface area (Å²) < 4.78 is 0. The van der Waals surface area contributed by atoms with E-state index in [4.69, 9.17) is 0 Å². The number of aliphatic hydroxyl groups excluding tert-OH is 2. The minimum atomic E-state index is -0.800. The van der Waals surface area contributed by atoms with Crippen LogP contribution < -0.4 is 0 Å². The first-order valence-corrected chi connectivity index (χ1v) is 7.49. The Kier molecular flexibility index (Phi) is 4.85. The van der Waals surface area contributed by atoms with Crippen LogP contribution in [0.4, 0.5) is 0 Å². The van der Waals surface area contributed by atoms with Gasteiger partial charge in [-0.15, -0.1) is 11.8 Å². The van der Waals surface area contributed by atoms with E-state index in [9.17, 15) is 15.0 Å². The van der Waals surface area contributed by atoms with E-state index in [0.29, 0.717) is 5.75 Å². The predicted octanol–water partition coefficient (Wildman–Crippen LogP) is 0.792. The van der Waals surface area contributed by atoms with E-state index in [1.165, 1.54) is 16.0 Å². The molecule has 0 unspecified atom stereocenters. The normalized spacial score (nSPS) is 22.8. The average Bonchev–Trinajstić information content (AvgIpc) is 2.70. The number of β-amino-alcohol motifs (C(OH)–C–C–N with tert-alkyl or cyclic N) is 2. The summed E-state index contributed by atoms with van der Waals surface area (Å²) in [6.45, 7) is 2.53. The molecular formula is C14H19NO3S. The van der Waals surface area contributed by atoms with Gasteiger partial charge in [-0.25, -0.2) is 0 Å². The Hall–Kier alpha value is -1.04. The molecule has 1 saturated heterocycles. The van der Waals surface area contributed by atoms with Gasteiger partial charge in [-0.3, -0.25) is 4.79 Å². The second kappa shape index (κ2) is 6.41. The number of hydrogen-bond acceptors (Lipinski definition) is 4. The number of hydrogen-bond donors (Lipinski definition) is 2. The van der Waals surface area contributed by atoms with Gasteiger partial charge in [0.25, 0.3) is 0 Å². The van der Waals surface area contributed by atoms with E-state index in [-0.39, 0.29) is 19.0 Å². The molecule has 0 saturated carbocycles. The van der Waals surface area contributed by atoms with Gasteiger partial charge in [0.05, 0.1) is 18.0 Å². The Labute approximate surface area is 117 Å². The summed E-state index contributed by atoms with van der Waals surface area (Å²) in [5.41, 5.74) is 2.43. The van der Waals surface area contributed by atoms with Crippen LogP contribution in [0, 0.1) is 6.92 Å². The van der Waals surface area contributed by atoms with Crippen molar-refractivity contribution in [2.24, 2.45) is 0 Å². The summed E-state index contributed by atoms with van der Waals surface area (Å²) in [6.07, 6.45) is -1.60. The molecule has 4 nitrogen and oxygen atoms in total. The maximum Gasteiger partial charge on any atom is 0.232 e. The predicted molar refractivity (Wildman–Crippen MR) is 75.9 cm³/mol. The number of nitrogens with zero attached hydrogens (tertiary/aromatic N) is 1. The molecule has 0 radical (unpaired) electrons. The fourth-order valence-electron chi connectivity index (χ4n) is 2.12. The quantitative estimate of drug-likeness (QED) is 0.857. The molecular weight excluding hydrogens is 262 g/mol. The number of aliphatic hydroxyl groups is 2. The van der Waals surface area contributed by atoms with E-state index < -0.39 is 12.2 Å². The Morgan fingerprint density at radius 1 is 1.37 bits per heavy atom. The smallest absolute Gasteiger partial charge is 0.232 e. The van der Waals surface area contributed by atoms with Gasteiger partial charge in [-0.05, 0) is 12.5 Å². The van der Waals surface area contributed by atoms with Gasteiger partial charge in [0.15, 0.2) is 0 Å². The van der Waals surface area contributed by atoms with Crippen LogP contribution in [0.1, 0.15) is 11.1 Å². The molecule has 1 amide bonds. The van der Waals surface area contributed by atoms with Crippen LogP contribution in [0.3, 0.4) is 0 Å². The van der Waals surface area contributed by atoms with Crippen molar-refractivity contribution in [3.05, 3.63) is 35.4 Å². The number of thioether (sulfide) groups is 1. The number of amides is 1. The van der Waals surface area contributed by atoms with E-state index in [1.807, 2.05) is 25.1 Å². The summed E-state index contributed by atoms with van der Waals surface area (Å²) in [7, 11) is 0. The van der Waals surface area contributed by atoms with Crippen LogP contribution in [-0.4, -0.2) is 52.1 Å². The lowest BCUT2D eigenvalue weighted by atomic mass is 10.2. The maximum absolute atomic E-state index is 11.9. The maximum atomic E-state index is 11.9. The molecule has 0 bridgehead atoms. The SMILES string of the molecule is Cc1cccc(CSCC(=O)N2C[C@@H](O)[C@@H](O)C2)c1. The average molecular weight is 281 g/mol. The molecule has 1 heterocycles. The molecule has 104 valence electrons. The van der Waals surface area contributed by atoms with Gasteiger partial charge in [0.2, 0.25) is 5.91 Å². The highest BCUT2D eigenvalue weighted by molar-refractivity contribution is 7.99.